The summed E-state index contributed by atoms with van der Waals surface area (Å²) in [5.74, 6) is 1.20. The van der Waals surface area contributed by atoms with Crippen molar-refractivity contribution in [2.45, 2.75) is 18.6 Å². The second kappa shape index (κ2) is 5.81. The average molecular weight is 246 g/mol. The SMILES string of the molecule is NOC(=O)[C@H](CCS)NC(=O)C(F)(F)F. The molecule has 3 N–H and O–H groups in total. The lowest BCUT2D eigenvalue weighted by Crippen LogP contribution is -2.48. The Labute approximate surface area is 88.5 Å². The van der Waals surface area contributed by atoms with Gasteiger partial charge in [-0.3, -0.25) is 4.79 Å². The molecule has 0 bridgehead atoms. The number of carbonyl (C=O) groups is 2. The fourth-order valence-electron chi connectivity index (χ4n) is 0.700. The van der Waals surface area contributed by atoms with Gasteiger partial charge in [-0.15, -0.1) is 0 Å². The van der Waals surface area contributed by atoms with Crippen molar-refractivity contribution in [1.29, 1.82) is 0 Å². The van der Waals surface area contributed by atoms with Crippen molar-refractivity contribution in [3.8, 4) is 0 Å². The summed E-state index contributed by atoms with van der Waals surface area (Å²) in [6.45, 7) is 0. The largest absolute Gasteiger partial charge is 0.471 e. The van der Waals surface area contributed by atoms with Gasteiger partial charge < -0.3 is 10.2 Å². The van der Waals surface area contributed by atoms with Crippen LogP contribution in [-0.2, 0) is 14.4 Å². The van der Waals surface area contributed by atoms with Crippen LogP contribution >= 0.6 is 12.6 Å². The van der Waals surface area contributed by atoms with Crippen LogP contribution in [-0.4, -0.2) is 29.8 Å². The Morgan fingerprint density at radius 2 is 2.00 bits per heavy atom. The number of halogens is 3. The van der Waals surface area contributed by atoms with Crippen molar-refractivity contribution in [2.75, 3.05) is 5.75 Å². The average Bonchev–Trinajstić information content (AvgIpc) is 2.14. The molecule has 0 aliphatic heterocycles. The summed E-state index contributed by atoms with van der Waals surface area (Å²) in [4.78, 5) is 25.0. The van der Waals surface area contributed by atoms with E-state index in [1.807, 2.05) is 0 Å². The summed E-state index contributed by atoms with van der Waals surface area (Å²) >= 11 is 3.71. The zero-order valence-corrected chi connectivity index (χ0v) is 8.27. The molecule has 0 heterocycles. The molecule has 0 aromatic heterocycles. The Kier molecular flexibility index (Phi) is 5.44. The van der Waals surface area contributed by atoms with Crippen LogP contribution in [0.5, 0.6) is 0 Å². The molecule has 0 saturated heterocycles. The van der Waals surface area contributed by atoms with Crippen molar-refractivity contribution in [3.05, 3.63) is 0 Å². The predicted octanol–water partition coefficient (Wildman–Crippen LogP) is -0.230. The number of hydrogen-bond donors (Lipinski definition) is 3. The molecule has 0 spiro atoms. The van der Waals surface area contributed by atoms with E-state index >= 15 is 0 Å². The summed E-state index contributed by atoms with van der Waals surface area (Å²) < 4.78 is 35.4. The van der Waals surface area contributed by atoms with Crippen LogP contribution in [0, 0.1) is 0 Å². The van der Waals surface area contributed by atoms with E-state index in [1.165, 1.54) is 5.32 Å². The van der Waals surface area contributed by atoms with E-state index in [0.717, 1.165) is 0 Å². The third-order valence-electron chi connectivity index (χ3n) is 1.38. The molecule has 0 aliphatic carbocycles. The van der Waals surface area contributed by atoms with Gasteiger partial charge >= 0.3 is 18.1 Å². The molecule has 0 aliphatic rings. The first-order chi connectivity index (χ1) is 6.82. The van der Waals surface area contributed by atoms with E-state index in [0.29, 0.717) is 0 Å². The van der Waals surface area contributed by atoms with E-state index in [2.05, 4.69) is 23.4 Å². The number of thiol groups is 1. The van der Waals surface area contributed by atoms with Crippen molar-refractivity contribution in [3.63, 3.8) is 0 Å². The number of nitrogens with two attached hydrogens (primary N) is 1. The van der Waals surface area contributed by atoms with Crippen LogP contribution < -0.4 is 11.2 Å². The van der Waals surface area contributed by atoms with E-state index in [9.17, 15) is 22.8 Å². The maximum atomic E-state index is 11.8. The Bertz CT molecular complexity index is 246. The highest BCUT2D eigenvalue weighted by molar-refractivity contribution is 7.80. The monoisotopic (exact) mass is 246 g/mol. The minimum absolute atomic E-state index is 0.0951. The number of nitrogens with one attached hydrogen (secondary N) is 1. The topological polar surface area (TPSA) is 81.4 Å². The molecule has 1 amide bonds. The van der Waals surface area contributed by atoms with E-state index in [4.69, 9.17) is 0 Å². The van der Waals surface area contributed by atoms with Gasteiger partial charge in [0.25, 0.3) is 0 Å². The Morgan fingerprint density at radius 3 is 2.33 bits per heavy atom. The quantitative estimate of drug-likeness (QED) is 0.473. The molecule has 0 aromatic rings. The lowest BCUT2D eigenvalue weighted by Gasteiger charge is -2.15. The highest BCUT2D eigenvalue weighted by Crippen LogP contribution is 2.15. The molecule has 9 heteroatoms. The van der Waals surface area contributed by atoms with Gasteiger partial charge in [0.2, 0.25) is 0 Å². The molecule has 88 valence electrons. The van der Waals surface area contributed by atoms with Gasteiger partial charge in [-0.25, -0.2) is 4.79 Å². The summed E-state index contributed by atoms with van der Waals surface area (Å²) in [6.07, 6.45) is -5.16. The molecule has 0 rings (SSSR count). The predicted molar refractivity (Wildman–Crippen MR) is 46.7 cm³/mol. The molecule has 1 atom stereocenters. The van der Waals surface area contributed by atoms with Crippen LogP contribution in [0.3, 0.4) is 0 Å². The summed E-state index contributed by atoms with van der Waals surface area (Å²) in [5.41, 5.74) is 0. The first-order valence-electron chi connectivity index (χ1n) is 3.72. The first-order valence-corrected chi connectivity index (χ1v) is 4.35. The molecular formula is C6H9F3N2O3S. The van der Waals surface area contributed by atoms with Crippen LogP contribution in [0.25, 0.3) is 0 Å². The summed E-state index contributed by atoms with van der Waals surface area (Å²) in [6, 6.07) is -1.44. The van der Waals surface area contributed by atoms with Gasteiger partial charge in [-0.2, -0.15) is 31.7 Å². The molecule has 0 radical (unpaired) electrons. The van der Waals surface area contributed by atoms with Crippen molar-refractivity contribution in [1.82, 2.24) is 5.32 Å². The van der Waals surface area contributed by atoms with Gasteiger partial charge in [0.1, 0.15) is 6.04 Å². The highest BCUT2D eigenvalue weighted by Gasteiger charge is 2.40. The second-order valence-electron chi connectivity index (χ2n) is 2.47. The number of alkyl halides is 3. The third kappa shape index (κ3) is 4.88. The minimum atomic E-state index is -5.05. The number of amides is 1. The Hall–Kier alpha value is -0.960. The lowest BCUT2D eigenvalue weighted by molar-refractivity contribution is -0.176. The smallest absolute Gasteiger partial charge is 0.372 e. The summed E-state index contributed by atoms with van der Waals surface area (Å²) in [5, 5.41) is 1.44. The number of carbonyl (C=O) groups excluding carboxylic acids is 2. The number of rotatable bonds is 4. The van der Waals surface area contributed by atoms with Crippen LogP contribution in [0.2, 0.25) is 0 Å². The van der Waals surface area contributed by atoms with Gasteiger partial charge in [-0.05, 0) is 12.2 Å². The minimum Gasteiger partial charge on any atom is -0.372 e. The fourth-order valence-corrected chi connectivity index (χ4v) is 0.958. The van der Waals surface area contributed by atoms with Gasteiger partial charge in [-0.1, -0.05) is 0 Å². The van der Waals surface area contributed by atoms with Crippen LogP contribution in [0.1, 0.15) is 6.42 Å². The zero-order valence-electron chi connectivity index (χ0n) is 7.37. The molecule has 15 heavy (non-hydrogen) atoms. The van der Waals surface area contributed by atoms with E-state index in [-0.39, 0.29) is 12.2 Å². The van der Waals surface area contributed by atoms with Gasteiger partial charge in [0, 0.05) is 0 Å². The van der Waals surface area contributed by atoms with Crippen molar-refractivity contribution in [2.24, 2.45) is 5.90 Å². The van der Waals surface area contributed by atoms with Gasteiger partial charge in [0.05, 0.1) is 0 Å². The molecule has 0 saturated carbocycles. The Balaban J connectivity index is 4.42. The van der Waals surface area contributed by atoms with Crippen LogP contribution in [0.15, 0.2) is 0 Å². The lowest BCUT2D eigenvalue weighted by atomic mass is 10.2. The van der Waals surface area contributed by atoms with Crippen molar-refractivity contribution >= 4 is 24.5 Å². The van der Waals surface area contributed by atoms with Gasteiger partial charge in [0.15, 0.2) is 0 Å². The number of hydrogen-bond acceptors (Lipinski definition) is 5. The first kappa shape index (κ1) is 14.0. The standard InChI is InChI=1S/C6H9F3N2O3S/c7-6(8,9)5(13)11-3(1-2-15)4(12)14-10/h3,15H,1-2,10H2,(H,11,13)/t3-/m0/s1. The molecule has 0 fully saturated rings. The Morgan fingerprint density at radius 1 is 1.47 bits per heavy atom. The summed E-state index contributed by atoms with van der Waals surface area (Å²) in [7, 11) is 0. The molecule has 0 unspecified atom stereocenters. The highest BCUT2D eigenvalue weighted by atomic mass is 32.1. The molecule has 0 aromatic carbocycles. The normalized spacial score (nSPS) is 13.1. The third-order valence-corrected chi connectivity index (χ3v) is 1.64. The fraction of sp³-hybridized carbons (Fsp3) is 0.667. The van der Waals surface area contributed by atoms with Crippen molar-refractivity contribution < 1.29 is 27.6 Å². The van der Waals surface area contributed by atoms with Crippen LogP contribution in [0.4, 0.5) is 13.2 Å². The molecular weight excluding hydrogens is 237 g/mol. The maximum Gasteiger partial charge on any atom is 0.471 e. The maximum absolute atomic E-state index is 11.8. The van der Waals surface area contributed by atoms with E-state index in [1.54, 1.807) is 0 Å². The van der Waals surface area contributed by atoms with E-state index < -0.39 is 24.1 Å². The zero-order chi connectivity index (χ0) is 12.1. The second-order valence-corrected chi connectivity index (χ2v) is 2.92. The molecule has 5 nitrogen and oxygen atoms in total.